The summed E-state index contributed by atoms with van der Waals surface area (Å²) < 4.78 is 23.3. The molecule has 1 N–H and O–H groups in total. The quantitative estimate of drug-likeness (QED) is 0.665. The van der Waals surface area contributed by atoms with Crippen LogP contribution in [-0.2, 0) is 0 Å². The lowest BCUT2D eigenvalue weighted by Crippen LogP contribution is -2.67. The van der Waals surface area contributed by atoms with Crippen molar-refractivity contribution in [1.29, 1.82) is 0 Å². The van der Waals surface area contributed by atoms with Gasteiger partial charge in [-0.2, -0.15) is 0 Å². The normalized spacial score (nSPS) is 30.2. The van der Waals surface area contributed by atoms with Gasteiger partial charge in [0.25, 0.3) is 0 Å². The van der Waals surface area contributed by atoms with Crippen molar-refractivity contribution in [2.24, 2.45) is 5.92 Å². The van der Waals surface area contributed by atoms with E-state index < -0.39 is 17.8 Å². The number of hydrogen-bond donors (Lipinski definition) is 1. The van der Waals surface area contributed by atoms with E-state index in [-0.39, 0.29) is 5.75 Å². The average molecular weight is 438 g/mol. The zero-order valence-electron chi connectivity index (χ0n) is 18.5. The van der Waals surface area contributed by atoms with E-state index in [1.807, 2.05) is 20.0 Å². The highest BCUT2D eigenvalue weighted by atomic mass is 19.1. The summed E-state index contributed by atoms with van der Waals surface area (Å²) in [5.74, 6) is 0.899. The third kappa shape index (κ3) is 3.52. The van der Waals surface area contributed by atoms with Crippen LogP contribution in [0.4, 0.5) is 4.39 Å². The lowest BCUT2D eigenvalue weighted by molar-refractivity contribution is -0.127. The monoisotopic (exact) mass is 437 g/mol. The fourth-order valence-corrected chi connectivity index (χ4v) is 5.42. The summed E-state index contributed by atoms with van der Waals surface area (Å²) in [7, 11) is 2.03. The van der Waals surface area contributed by atoms with Gasteiger partial charge in [0.1, 0.15) is 11.9 Å². The topological polar surface area (TPSA) is 76.3 Å². The minimum Gasteiger partial charge on any atom is -0.507 e. The number of ether oxygens (including phenoxy) is 1. The lowest BCUT2D eigenvalue weighted by Gasteiger charge is -2.57. The second kappa shape index (κ2) is 7.85. The molecular weight excluding hydrogens is 409 g/mol. The first-order valence-electron chi connectivity index (χ1n) is 11.0. The van der Waals surface area contributed by atoms with E-state index in [0.29, 0.717) is 35.5 Å². The van der Waals surface area contributed by atoms with Crippen molar-refractivity contribution in [1.82, 2.24) is 24.6 Å². The number of phenolic OH excluding ortho intramolecular Hbond substituents is 1. The van der Waals surface area contributed by atoms with Crippen LogP contribution in [0.25, 0.3) is 16.9 Å². The second-order valence-electron chi connectivity index (χ2n) is 9.39. The first kappa shape index (κ1) is 20.9. The van der Waals surface area contributed by atoms with E-state index in [0.717, 1.165) is 18.5 Å². The molecule has 0 aliphatic carbocycles. The molecule has 5 atom stereocenters. The van der Waals surface area contributed by atoms with Crippen molar-refractivity contribution in [2.75, 3.05) is 7.05 Å². The molecule has 1 aromatic carbocycles. The smallest absolute Gasteiger partial charge is 0.233 e. The molecule has 2 aliphatic rings. The Labute approximate surface area is 186 Å². The SMILES string of the molecule is C[C@@H]1CC2C[C@H](Oc3ccc(-c4ccc(-n5ccnc5)cc4O)nn3)[C@@H](F)[C@@](C)(C1)N2C. The maximum absolute atomic E-state index is 15.5. The molecule has 3 aromatic rings. The summed E-state index contributed by atoms with van der Waals surface area (Å²) in [5, 5.41) is 18.9. The molecule has 2 bridgehead atoms. The van der Waals surface area contributed by atoms with Gasteiger partial charge in [0.05, 0.1) is 23.2 Å². The molecule has 168 valence electrons. The molecule has 1 unspecified atom stereocenters. The van der Waals surface area contributed by atoms with Crippen molar-refractivity contribution in [3.8, 4) is 28.6 Å². The molecule has 2 fully saturated rings. The van der Waals surface area contributed by atoms with Crippen LogP contribution in [0, 0.1) is 5.92 Å². The Morgan fingerprint density at radius 1 is 1.19 bits per heavy atom. The molecule has 2 aliphatic heterocycles. The van der Waals surface area contributed by atoms with Gasteiger partial charge in [0, 0.05) is 42.6 Å². The molecular formula is C24H28FN5O2. The number of piperidine rings is 2. The van der Waals surface area contributed by atoms with Gasteiger partial charge in [0.2, 0.25) is 5.88 Å². The molecule has 8 heteroatoms. The Hall–Kier alpha value is -3.00. The number of benzene rings is 1. The van der Waals surface area contributed by atoms with Gasteiger partial charge in [-0.15, -0.1) is 10.2 Å². The van der Waals surface area contributed by atoms with Crippen LogP contribution in [0.5, 0.6) is 11.6 Å². The van der Waals surface area contributed by atoms with E-state index in [1.165, 1.54) is 0 Å². The largest absolute Gasteiger partial charge is 0.507 e. The van der Waals surface area contributed by atoms with E-state index in [9.17, 15) is 5.11 Å². The van der Waals surface area contributed by atoms with Gasteiger partial charge >= 0.3 is 0 Å². The minimum absolute atomic E-state index is 0.0909. The number of imidazole rings is 1. The number of nitrogens with zero attached hydrogens (tertiary/aromatic N) is 5. The van der Waals surface area contributed by atoms with Crippen molar-refractivity contribution in [2.45, 2.75) is 57.0 Å². The van der Waals surface area contributed by atoms with Crippen LogP contribution in [0.3, 0.4) is 0 Å². The maximum atomic E-state index is 15.5. The van der Waals surface area contributed by atoms with E-state index in [4.69, 9.17) is 4.74 Å². The third-order valence-electron chi connectivity index (χ3n) is 7.19. The summed E-state index contributed by atoms with van der Waals surface area (Å²) in [4.78, 5) is 6.21. The lowest BCUT2D eigenvalue weighted by atomic mass is 9.69. The fraction of sp³-hybridized carbons (Fsp3) is 0.458. The van der Waals surface area contributed by atoms with E-state index in [1.54, 1.807) is 47.6 Å². The van der Waals surface area contributed by atoms with Crippen molar-refractivity contribution >= 4 is 0 Å². The first-order chi connectivity index (χ1) is 15.3. The summed E-state index contributed by atoms with van der Waals surface area (Å²) in [6.45, 7) is 4.20. The molecule has 0 radical (unpaired) electrons. The number of rotatable bonds is 4. The Balaban J connectivity index is 1.33. The van der Waals surface area contributed by atoms with Crippen LogP contribution in [0.15, 0.2) is 49.1 Å². The minimum atomic E-state index is -1.10. The fourth-order valence-electron chi connectivity index (χ4n) is 5.42. The molecule has 32 heavy (non-hydrogen) atoms. The predicted octanol–water partition coefficient (Wildman–Crippen LogP) is 4.01. The number of alkyl halides is 1. The number of aromatic nitrogens is 4. The van der Waals surface area contributed by atoms with Crippen molar-refractivity contribution in [3.63, 3.8) is 0 Å². The van der Waals surface area contributed by atoms with Gasteiger partial charge < -0.3 is 14.4 Å². The Bertz CT molecular complexity index is 1090. The second-order valence-corrected chi connectivity index (χ2v) is 9.39. The van der Waals surface area contributed by atoms with Gasteiger partial charge in [-0.1, -0.05) is 6.92 Å². The number of phenols is 1. The summed E-state index contributed by atoms with van der Waals surface area (Å²) in [6.07, 6.45) is 6.00. The summed E-state index contributed by atoms with van der Waals surface area (Å²) in [6, 6.07) is 9.04. The van der Waals surface area contributed by atoms with Crippen LogP contribution in [0.1, 0.15) is 33.1 Å². The molecule has 4 heterocycles. The Morgan fingerprint density at radius 2 is 2.03 bits per heavy atom. The molecule has 0 spiro atoms. The standard InChI is InChI=1S/C24H28FN5O2/c1-15-10-17-12-21(23(25)24(2,13-15)29(17)3)32-22-7-6-19(27-28-22)18-5-4-16(11-20(18)31)30-9-8-26-14-30/h4-9,11,14-15,17,21,23,31H,10,12-13H2,1-3H3/t15-,17?,21+,23-,24-/m1/s1. The van der Waals surface area contributed by atoms with Gasteiger partial charge in [0.15, 0.2) is 6.17 Å². The summed E-state index contributed by atoms with van der Waals surface area (Å²) in [5.41, 5.74) is 1.35. The number of aromatic hydroxyl groups is 1. The molecule has 7 nitrogen and oxygen atoms in total. The zero-order valence-corrected chi connectivity index (χ0v) is 18.5. The predicted molar refractivity (Wildman–Crippen MR) is 119 cm³/mol. The Morgan fingerprint density at radius 3 is 2.72 bits per heavy atom. The highest BCUT2D eigenvalue weighted by molar-refractivity contribution is 5.68. The van der Waals surface area contributed by atoms with Gasteiger partial charge in [-0.05, 0) is 50.9 Å². The molecule has 0 saturated carbocycles. The molecule has 2 aromatic heterocycles. The Kier molecular flexibility index (Phi) is 5.12. The van der Waals surface area contributed by atoms with E-state index >= 15 is 4.39 Å². The van der Waals surface area contributed by atoms with Crippen molar-refractivity contribution in [3.05, 3.63) is 49.1 Å². The first-order valence-corrected chi connectivity index (χ1v) is 11.0. The third-order valence-corrected chi connectivity index (χ3v) is 7.19. The van der Waals surface area contributed by atoms with E-state index in [2.05, 4.69) is 27.0 Å². The van der Waals surface area contributed by atoms with Crippen LogP contribution in [0.2, 0.25) is 0 Å². The van der Waals surface area contributed by atoms with Crippen LogP contribution < -0.4 is 4.74 Å². The number of hydrogen-bond acceptors (Lipinski definition) is 6. The van der Waals surface area contributed by atoms with Crippen LogP contribution >= 0.6 is 0 Å². The van der Waals surface area contributed by atoms with Crippen LogP contribution in [-0.4, -0.2) is 60.7 Å². The van der Waals surface area contributed by atoms with Crippen molar-refractivity contribution < 1.29 is 14.2 Å². The molecule has 0 amide bonds. The highest BCUT2D eigenvalue weighted by Gasteiger charge is 2.54. The number of halogens is 1. The van der Waals surface area contributed by atoms with Gasteiger partial charge in [-0.3, -0.25) is 4.90 Å². The highest BCUT2D eigenvalue weighted by Crippen LogP contribution is 2.45. The maximum Gasteiger partial charge on any atom is 0.233 e. The van der Waals surface area contributed by atoms with Gasteiger partial charge in [-0.25, -0.2) is 9.37 Å². The molecule has 2 saturated heterocycles. The average Bonchev–Trinajstić information content (AvgIpc) is 3.31. The number of fused-ring (bicyclic) bond motifs is 2. The zero-order chi connectivity index (χ0) is 22.5. The molecule has 5 rings (SSSR count). The summed E-state index contributed by atoms with van der Waals surface area (Å²) >= 11 is 0.